The summed E-state index contributed by atoms with van der Waals surface area (Å²) in [5.74, 6) is 0.395. The Morgan fingerprint density at radius 1 is 1.52 bits per heavy atom. The second-order valence-electron chi connectivity index (χ2n) is 5.48. The average molecular weight is 315 g/mol. The van der Waals surface area contributed by atoms with Crippen LogP contribution in [0.15, 0.2) is 17.3 Å². The number of nitrogens with zero attached hydrogens (tertiary/aromatic N) is 3. The summed E-state index contributed by atoms with van der Waals surface area (Å²) in [6, 6.07) is 0. The number of nitrogens with two attached hydrogens (primary N) is 1. The zero-order chi connectivity index (χ0) is 15.3. The van der Waals surface area contributed by atoms with Gasteiger partial charge in [-0.05, 0) is 38.4 Å². The number of nitrogens with one attached hydrogen (secondary N) is 1. The first-order valence-electron chi connectivity index (χ1n) is 7.49. The summed E-state index contributed by atoms with van der Waals surface area (Å²) in [5.41, 5.74) is 5.43. The predicted octanol–water partition coefficient (Wildman–Crippen LogP) is -0.148. The van der Waals surface area contributed by atoms with E-state index in [4.69, 9.17) is 5.73 Å². The molecule has 8 heteroatoms. The van der Waals surface area contributed by atoms with Crippen molar-refractivity contribution in [1.29, 1.82) is 0 Å². The van der Waals surface area contributed by atoms with Crippen LogP contribution in [0.1, 0.15) is 19.8 Å². The Balaban J connectivity index is 1.88. The zero-order valence-corrected chi connectivity index (χ0v) is 13.3. The van der Waals surface area contributed by atoms with Crippen LogP contribution < -0.4 is 10.5 Å². The van der Waals surface area contributed by atoms with Crippen LogP contribution in [0.25, 0.3) is 0 Å². The molecule has 21 heavy (non-hydrogen) atoms. The molecule has 3 N–H and O–H groups in total. The van der Waals surface area contributed by atoms with Crippen LogP contribution in [0.3, 0.4) is 0 Å². The zero-order valence-electron chi connectivity index (χ0n) is 12.5. The Labute approximate surface area is 126 Å². The largest absolute Gasteiger partial charge is 0.330 e. The van der Waals surface area contributed by atoms with E-state index in [9.17, 15) is 8.42 Å². The minimum atomic E-state index is -3.46. The number of likely N-dealkylation sites (tertiary alicyclic amines) is 1. The Kier molecular flexibility index (Phi) is 5.74. The molecule has 0 amide bonds. The van der Waals surface area contributed by atoms with Gasteiger partial charge < -0.3 is 10.6 Å². The number of sulfonamides is 1. The van der Waals surface area contributed by atoms with Crippen molar-refractivity contribution in [2.24, 2.45) is 11.7 Å². The lowest BCUT2D eigenvalue weighted by atomic mass is 10.1. The molecule has 1 aliphatic heterocycles. The predicted molar refractivity (Wildman–Crippen MR) is 81.3 cm³/mol. The molecule has 2 heterocycles. The smallest absolute Gasteiger partial charge is 0.243 e. The first-order valence-corrected chi connectivity index (χ1v) is 8.98. The SMILES string of the molecule is CCN1CCC(CNS(=O)(=O)c2cnn(CCCN)c2)C1. The third-order valence-corrected chi connectivity index (χ3v) is 5.27. The Bertz CT molecular complexity index is 543. The third-order valence-electron chi connectivity index (χ3n) is 3.89. The molecule has 120 valence electrons. The molecule has 0 aromatic carbocycles. The van der Waals surface area contributed by atoms with Gasteiger partial charge in [0.05, 0.1) is 6.20 Å². The Morgan fingerprint density at radius 2 is 2.33 bits per heavy atom. The highest BCUT2D eigenvalue weighted by atomic mass is 32.2. The van der Waals surface area contributed by atoms with E-state index in [-0.39, 0.29) is 4.90 Å². The van der Waals surface area contributed by atoms with Gasteiger partial charge in [-0.2, -0.15) is 5.10 Å². The molecule has 0 aliphatic carbocycles. The summed E-state index contributed by atoms with van der Waals surface area (Å²) in [4.78, 5) is 2.56. The molecule has 7 nitrogen and oxygen atoms in total. The van der Waals surface area contributed by atoms with Gasteiger partial charge in [0.2, 0.25) is 10.0 Å². The summed E-state index contributed by atoms with van der Waals surface area (Å²) in [6.45, 7) is 6.87. The maximum atomic E-state index is 12.2. The fourth-order valence-corrected chi connectivity index (χ4v) is 3.60. The van der Waals surface area contributed by atoms with Crippen molar-refractivity contribution in [1.82, 2.24) is 19.4 Å². The van der Waals surface area contributed by atoms with Crippen molar-refractivity contribution in [3.8, 4) is 0 Å². The minimum absolute atomic E-state index is 0.227. The molecule has 1 fully saturated rings. The van der Waals surface area contributed by atoms with E-state index in [1.54, 1.807) is 10.9 Å². The summed E-state index contributed by atoms with van der Waals surface area (Å²) in [7, 11) is -3.46. The molecule has 1 aliphatic rings. The molecule has 1 aromatic rings. The first-order chi connectivity index (χ1) is 10.0. The van der Waals surface area contributed by atoms with Crippen molar-refractivity contribution < 1.29 is 8.42 Å². The molecule has 1 unspecified atom stereocenters. The van der Waals surface area contributed by atoms with Gasteiger partial charge >= 0.3 is 0 Å². The maximum absolute atomic E-state index is 12.2. The first kappa shape index (κ1) is 16.4. The normalized spacial score (nSPS) is 20.2. The molecule has 2 rings (SSSR count). The van der Waals surface area contributed by atoms with Gasteiger partial charge in [0.1, 0.15) is 4.90 Å². The van der Waals surface area contributed by atoms with Crippen LogP contribution in [-0.4, -0.2) is 55.8 Å². The highest BCUT2D eigenvalue weighted by Crippen LogP contribution is 2.16. The van der Waals surface area contributed by atoms with E-state index in [2.05, 4.69) is 21.6 Å². The van der Waals surface area contributed by atoms with E-state index < -0.39 is 10.0 Å². The lowest BCUT2D eigenvalue weighted by Crippen LogP contribution is -2.31. The molecule has 0 spiro atoms. The van der Waals surface area contributed by atoms with Gasteiger partial charge in [-0.15, -0.1) is 0 Å². The fourth-order valence-electron chi connectivity index (χ4n) is 2.54. The number of hydrogen-bond acceptors (Lipinski definition) is 5. The Morgan fingerprint density at radius 3 is 3.00 bits per heavy atom. The quantitative estimate of drug-likeness (QED) is 0.696. The minimum Gasteiger partial charge on any atom is -0.330 e. The lowest BCUT2D eigenvalue weighted by Gasteiger charge is -2.13. The van der Waals surface area contributed by atoms with Crippen LogP contribution in [0.5, 0.6) is 0 Å². The third kappa shape index (κ3) is 4.50. The molecular formula is C13H25N5O2S. The van der Waals surface area contributed by atoms with Gasteiger partial charge in [-0.25, -0.2) is 13.1 Å². The van der Waals surface area contributed by atoms with Gasteiger partial charge in [0, 0.05) is 25.8 Å². The highest BCUT2D eigenvalue weighted by Gasteiger charge is 2.24. The second kappa shape index (κ2) is 7.35. The van der Waals surface area contributed by atoms with Crippen LogP contribution in [0.4, 0.5) is 0 Å². The number of rotatable bonds is 8. The number of aryl methyl sites for hydroxylation is 1. The van der Waals surface area contributed by atoms with Crippen LogP contribution in [0.2, 0.25) is 0 Å². The molecule has 0 saturated carbocycles. The monoisotopic (exact) mass is 315 g/mol. The number of aromatic nitrogens is 2. The summed E-state index contributed by atoms with van der Waals surface area (Å²) >= 11 is 0. The number of hydrogen-bond donors (Lipinski definition) is 2. The van der Waals surface area contributed by atoms with Gasteiger partial charge in [-0.1, -0.05) is 6.92 Å². The molecule has 1 saturated heterocycles. The van der Waals surface area contributed by atoms with Crippen molar-refractivity contribution in [3.63, 3.8) is 0 Å². The van der Waals surface area contributed by atoms with Crippen LogP contribution >= 0.6 is 0 Å². The van der Waals surface area contributed by atoms with E-state index >= 15 is 0 Å². The summed E-state index contributed by atoms with van der Waals surface area (Å²) < 4.78 is 28.8. The molecule has 0 bridgehead atoms. The fraction of sp³-hybridized carbons (Fsp3) is 0.769. The molecule has 1 aromatic heterocycles. The molecule has 1 atom stereocenters. The molecule has 0 radical (unpaired) electrons. The van der Waals surface area contributed by atoms with Crippen molar-refractivity contribution in [2.45, 2.75) is 31.2 Å². The van der Waals surface area contributed by atoms with E-state index in [0.717, 1.165) is 32.5 Å². The summed E-state index contributed by atoms with van der Waals surface area (Å²) in [6.07, 6.45) is 4.78. The second-order valence-corrected chi connectivity index (χ2v) is 7.25. The van der Waals surface area contributed by atoms with Gasteiger partial charge in [0.25, 0.3) is 0 Å². The maximum Gasteiger partial charge on any atom is 0.243 e. The summed E-state index contributed by atoms with van der Waals surface area (Å²) in [5, 5.41) is 4.06. The standard InChI is InChI=1S/C13H25N5O2S/c1-2-17-7-4-12(10-17)8-16-21(19,20)13-9-15-18(11-13)6-3-5-14/h9,11-12,16H,2-8,10,14H2,1H3. The van der Waals surface area contributed by atoms with E-state index in [1.807, 2.05) is 0 Å². The van der Waals surface area contributed by atoms with E-state index in [0.29, 0.717) is 25.6 Å². The average Bonchev–Trinajstić information content (AvgIpc) is 3.12. The molecular weight excluding hydrogens is 290 g/mol. The highest BCUT2D eigenvalue weighted by molar-refractivity contribution is 7.89. The van der Waals surface area contributed by atoms with Crippen molar-refractivity contribution in [3.05, 3.63) is 12.4 Å². The van der Waals surface area contributed by atoms with Crippen LogP contribution in [0, 0.1) is 5.92 Å². The Hall–Kier alpha value is -0.960. The van der Waals surface area contributed by atoms with Gasteiger partial charge in [0.15, 0.2) is 0 Å². The van der Waals surface area contributed by atoms with Crippen molar-refractivity contribution >= 4 is 10.0 Å². The lowest BCUT2D eigenvalue weighted by molar-refractivity contribution is 0.342. The van der Waals surface area contributed by atoms with Gasteiger partial charge in [-0.3, -0.25) is 4.68 Å². The van der Waals surface area contributed by atoms with E-state index in [1.165, 1.54) is 6.20 Å². The van der Waals surface area contributed by atoms with Crippen LogP contribution in [-0.2, 0) is 16.6 Å². The van der Waals surface area contributed by atoms with Crippen molar-refractivity contribution in [2.75, 3.05) is 32.7 Å². The topological polar surface area (TPSA) is 93.2 Å².